The third-order valence-electron chi connectivity index (χ3n) is 7.58. The predicted octanol–water partition coefficient (Wildman–Crippen LogP) is 7.59. The van der Waals surface area contributed by atoms with Crippen molar-refractivity contribution in [3.8, 4) is 0 Å². The van der Waals surface area contributed by atoms with E-state index in [0.29, 0.717) is 0 Å². The maximum Gasteiger partial charge on any atom is 0.0497 e. The molecule has 0 aromatic heterocycles. The number of hydrogen-bond acceptors (Lipinski definition) is 1. The average Bonchev–Trinajstić information content (AvgIpc) is 2.88. The molecule has 2 saturated carbocycles. The van der Waals surface area contributed by atoms with E-state index < -0.39 is 0 Å². The Morgan fingerprint density at radius 3 is 1.28 bits per heavy atom. The van der Waals surface area contributed by atoms with E-state index in [0.717, 1.165) is 54.1 Å². The molecule has 3 rings (SSSR count). The van der Waals surface area contributed by atoms with Crippen molar-refractivity contribution in [2.24, 2.45) is 40.9 Å². The third-order valence-corrected chi connectivity index (χ3v) is 7.58. The van der Waals surface area contributed by atoms with Gasteiger partial charge in [-0.1, -0.05) is 81.1 Å². The van der Waals surface area contributed by atoms with Crippen molar-refractivity contribution < 1.29 is 4.74 Å². The Balaban J connectivity index is 0.000000191. The first kappa shape index (κ1) is 23.0. The topological polar surface area (TPSA) is 9.23 Å². The van der Waals surface area contributed by atoms with Gasteiger partial charge in [-0.3, -0.25) is 0 Å². The minimum atomic E-state index is 0.722. The van der Waals surface area contributed by atoms with E-state index in [-0.39, 0.29) is 0 Å². The Bertz CT molecular complexity index is 318. The smallest absolute Gasteiger partial charge is 0.0497 e. The van der Waals surface area contributed by atoms with E-state index in [1.165, 1.54) is 44.9 Å². The molecule has 0 bridgehead atoms. The first-order valence-corrected chi connectivity index (χ1v) is 11.3. The molecule has 0 N–H and O–H groups in total. The predicted molar refractivity (Wildman–Crippen MR) is 112 cm³/mol. The van der Waals surface area contributed by atoms with E-state index >= 15 is 0 Å². The molecular formula is C24H48O. The standard InChI is InChI=1S/C10H20.C7H14O.C7H14/c1-8(2)10(9(3)4)6-5-7-10;1-6(2)7-3-4-8-5-7;1-6(2)7-4-3-5-7/h8-9H,5-7H2,1-4H3;6-7H,3-5H2,1-2H3;6-7H,3-5H2,1-2H3. The summed E-state index contributed by atoms with van der Waals surface area (Å²) in [5, 5.41) is 0. The summed E-state index contributed by atoms with van der Waals surface area (Å²) in [5.74, 6) is 5.48. The van der Waals surface area contributed by atoms with Crippen LogP contribution >= 0.6 is 0 Å². The lowest BCUT2D eigenvalue weighted by Gasteiger charge is -2.49. The Hall–Kier alpha value is -0.0400. The monoisotopic (exact) mass is 352 g/mol. The molecule has 3 aliphatic rings. The number of ether oxygens (including phenoxy) is 1. The van der Waals surface area contributed by atoms with E-state index in [2.05, 4.69) is 55.4 Å². The Morgan fingerprint density at radius 1 is 0.680 bits per heavy atom. The molecule has 25 heavy (non-hydrogen) atoms. The molecule has 2 aliphatic carbocycles. The molecule has 1 atom stereocenters. The maximum absolute atomic E-state index is 5.22. The van der Waals surface area contributed by atoms with E-state index in [9.17, 15) is 0 Å². The highest BCUT2D eigenvalue weighted by Gasteiger charge is 2.41. The molecule has 1 saturated heterocycles. The highest BCUT2D eigenvalue weighted by atomic mass is 16.5. The van der Waals surface area contributed by atoms with Crippen molar-refractivity contribution in [2.75, 3.05) is 13.2 Å². The molecule has 0 aromatic carbocycles. The van der Waals surface area contributed by atoms with Crippen LogP contribution in [0.15, 0.2) is 0 Å². The van der Waals surface area contributed by atoms with Gasteiger partial charge in [0.15, 0.2) is 0 Å². The van der Waals surface area contributed by atoms with Gasteiger partial charge in [-0.15, -0.1) is 0 Å². The summed E-state index contributed by atoms with van der Waals surface area (Å²) in [6, 6.07) is 0. The lowest BCUT2D eigenvalue weighted by Crippen LogP contribution is -2.39. The minimum absolute atomic E-state index is 0.722. The van der Waals surface area contributed by atoms with Crippen molar-refractivity contribution in [2.45, 2.75) is 100 Å². The van der Waals surface area contributed by atoms with Gasteiger partial charge < -0.3 is 4.74 Å². The molecule has 3 fully saturated rings. The summed E-state index contributed by atoms with van der Waals surface area (Å²) in [7, 11) is 0. The van der Waals surface area contributed by atoms with Gasteiger partial charge in [-0.05, 0) is 60.2 Å². The summed E-state index contributed by atoms with van der Waals surface area (Å²) >= 11 is 0. The van der Waals surface area contributed by atoms with Crippen LogP contribution in [-0.4, -0.2) is 13.2 Å². The summed E-state index contributed by atoms with van der Waals surface area (Å²) in [6.45, 7) is 20.7. The number of hydrogen-bond donors (Lipinski definition) is 0. The van der Waals surface area contributed by atoms with Gasteiger partial charge in [0.05, 0.1) is 0 Å². The summed E-state index contributed by atoms with van der Waals surface area (Å²) < 4.78 is 5.22. The summed E-state index contributed by atoms with van der Waals surface area (Å²) in [6.07, 6.45) is 10.2. The highest BCUT2D eigenvalue weighted by molar-refractivity contribution is 4.92. The van der Waals surface area contributed by atoms with Gasteiger partial charge in [0.2, 0.25) is 0 Å². The minimum Gasteiger partial charge on any atom is -0.381 e. The van der Waals surface area contributed by atoms with Crippen molar-refractivity contribution >= 4 is 0 Å². The fraction of sp³-hybridized carbons (Fsp3) is 1.00. The van der Waals surface area contributed by atoms with Crippen LogP contribution < -0.4 is 0 Å². The van der Waals surface area contributed by atoms with Crippen LogP contribution in [0.25, 0.3) is 0 Å². The van der Waals surface area contributed by atoms with Crippen molar-refractivity contribution in [3.63, 3.8) is 0 Å². The molecule has 0 amide bonds. The van der Waals surface area contributed by atoms with Gasteiger partial charge in [0, 0.05) is 13.2 Å². The first-order valence-electron chi connectivity index (χ1n) is 11.3. The van der Waals surface area contributed by atoms with Gasteiger partial charge in [-0.2, -0.15) is 0 Å². The lowest BCUT2D eigenvalue weighted by molar-refractivity contribution is 0.0135. The van der Waals surface area contributed by atoms with Crippen LogP contribution in [0.3, 0.4) is 0 Å². The highest BCUT2D eigenvalue weighted by Crippen LogP contribution is 2.52. The van der Waals surface area contributed by atoms with Crippen LogP contribution in [0.1, 0.15) is 100 Å². The molecule has 1 unspecified atom stereocenters. The fourth-order valence-corrected chi connectivity index (χ4v) is 4.59. The molecule has 1 heterocycles. The molecule has 150 valence electrons. The zero-order chi connectivity index (χ0) is 19.0. The Kier molecular flexibility index (Phi) is 10.1. The summed E-state index contributed by atoms with van der Waals surface area (Å²) in [4.78, 5) is 0. The van der Waals surface area contributed by atoms with Gasteiger partial charge in [0.25, 0.3) is 0 Å². The SMILES string of the molecule is CC(C)C1(C(C)C)CCC1.CC(C)C1CCC1.CC(C)C1CCOC1. The Labute approximate surface area is 159 Å². The maximum atomic E-state index is 5.22. The second-order valence-corrected chi connectivity index (χ2v) is 10.2. The normalized spacial score (nSPS) is 25.2. The van der Waals surface area contributed by atoms with Crippen LogP contribution in [0.5, 0.6) is 0 Å². The third kappa shape index (κ3) is 6.89. The van der Waals surface area contributed by atoms with E-state index in [1.54, 1.807) is 0 Å². The number of rotatable bonds is 4. The molecule has 1 heteroatoms. The quantitative estimate of drug-likeness (QED) is 0.506. The van der Waals surface area contributed by atoms with Crippen LogP contribution in [0.4, 0.5) is 0 Å². The van der Waals surface area contributed by atoms with Crippen molar-refractivity contribution in [1.29, 1.82) is 0 Å². The Morgan fingerprint density at radius 2 is 1.20 bits per heavy atom. The largest absolute Gasteiger partial charge is 0.381 e. The van der Waals surface area contributed by atoms with Gasteiger partial charge >= 0.3 is 0 Å². The zero-order valence-electron chi connectivity index (χ0n) is 18.7. The fourth-order valence-electron chi connectivity index (χ4n) is 4.59. The molecule has 0 radical (unpaired) electrons. The molecule has 0 aromatic rings. The van der Waals surface area contributed by atoms with E-state index in [4.69, 9.17) is 4.74 Å². The zero-order valence-corrected chi connectivity index (χ0v) is 18.7. The van der Waals surface area contributed by atoms with Crippen molar-refractivity contribution in [3.05, 3.63) is 0 Å². The molecular weight excluding hydrogens is 304 g/mol. The average molecular weight is 353 g/mol. The first-order chi connectivity index (χ1) is 11.7. The van der Waals surface area contributed by atoms with Crippen LogP contribution in [0.2, 0.25) is 0 Å². The van der Waals surface area contributed by atoms with Crippen LogP contribution in [-0.2, 0) is 4.74 Å². The van der Waals surface area contributed by atoms with Gasteiger partial charge in [-0.25, -0.2) is 0 Å². The molecule has 1 nitrogen and oxygen atoms in total. The lowest BCUT2D eigenvalue weighted by atomic mass is 9.56. The van der Waals surface area contributed by atoms with Crippen molar-refractivity contribution in [1.82, 2.24) is 0 Å². The van der Waals surface area contributed by atoms with Crippen LogP contribution in [0, 0.1) is 40.9 Å². The second kappa shape index (κ2) is 11.0. The molecule has 0 spiro atoms. The van der Waals surface area contributed by atoms with E-state index in [1.807, 2.05) is 0 Å². The second-order valence-electron chi connectivity index (χ2n) is 10.2. The summed E-state index contributed by atoms with van der Waals surface area (Å²) in [5.41, 5.74) is 0.722. The molecule has 1 aliphatic heterocycles. The van der Waals surface area contributed by atoms with Gasteiger partial charge in [0.1, 0.15) is 0 Å².